The van der Waals surface area contributed by atoms with Crippen molar-refractivity contribution >= 4 is 56.9 Å². The number of rotatable bonds is 5. The molecular weight excluding hydrogens is 380 g/mol. The first-order valence-corrected chi connectivity index (χ1v) is 11.7. The van der Waals surface area contributed by atoms with E-state index in [0.717, 1.165) is 0 Å². The molecule has 0 fully saturated rings. The van der Waals surface area contributed by atoms with Gasteiger partial charge < -0.3 is 0 Å². The zero-order chi connectivity index (χ0) is 17.6. The first-order chi connectivity index (χ1) is 12.2. The monoisotopic (exact) mass is 400 g/mol. The lowest BCUT2D eigenvalue weighted by Crippen LogP contribution is -1.81. The summed E-state index contributed by atoms with van der Waals surface area (Å²) in [5, 5.41) is 2.29. The molecule has 4 heteroatoms. The average molecular weight is 401 g/mol. The molecule has 0 spiro atoms. The summed E-state index contributed by atoms with van der Waals surface area (Å²) in [5.74, 6) is 0. The Morgan fingerprint density at radius 2 is 1.56 bits per heavy atom. The molecule has 1 aliphatic rings. The third-order valence-electron chi connectivity index (χ3n) is 3.70. The van der Waals surface area contributed by atoms with Gasteiger partial charge in [0, 0.05) is 19.6 Å². The Balaban J connectivity index is 1.74. The molecule has 25 heavy (non-hydrogen) atoms. The normalized spacial score (nSPS) is 17.2. The first-order valence-electron chi connectivity index (χ1n) is 7.98. The molecule has 0 saturated carbocycles. The lowest BCUT2D eigenvalue weighted by molar-refractivity contribution is 1.62. The highest BCUT2D eigenvalue weighted by Crippen LogP contribution is 2.54. The summed E-state index contributed by atoms with van der Waals surface area (Å²) in [7, 11) is 0. The molecule has 2 aromatic rings. The van der Waals surface area contributed by atoms with Gasteiger partial charge in [0.15, 0.2) is 0 Å². The second-order valence-electron chi connectivity index (χ2n) is 5.47. The van der Waals surface area contributed by atoms with Gasteiger partial charge in [-0.2, -0.15) is 0 Å². The summed E-state index contributed by atoms with van der Waals surface area (Å²) in [4.78, 5) is 5.46. The quantitative estimate of drug-likeness (QED) is 0.496. The van der Waals surface area contributed by atoms with Crippen molar-refractivity contribution in [2.75, 3.05) is 6.26 Å². The van der Waals surface area contributed by atoms with Crippen molar-refractivity contribution in [1.82, 2.24) is 0 Å². The van der Waals surface area contributed by atoms with Gasteiger partial charge in [0.05, 0.1) is 4.24 Å². The van der Waals surface area contributed by atoms with Crippen LogP contribution in [-0.4, -0.2) is 6.26 Å². The highest BCUT2D eigenvalue weighted by Gasteiger charge is 2.19. The van der Waals surface area contributed by atoms with Gasteiger partial charge in [-0.3, -0.25) is 0 Å². The van der Waals surface area contributed by atoms with E-state index in [9.17, 15) is 0 Å². The number of hydrogen-bond acceptors (Lipinski definition) is 4. The Kier molecular flexibility index (Phi) is 6.88. The molecule has 1 aliphatic heterocycles. The van der Waals surface area contributed by atoms with E-state index in [1.165, 1.54) is 35.0 Å². The third kappa shape index (κ3) is 4.82. The molecule has 0 aliphatic carbocycles. The Morgan fingerprint density at radius 3 is 2.20 bits per heavy atom. The Labute approximate surface area is 167 Å². The summed E-state index contributed by atoms with van der Waals surface area (Å²) in [6, 6.07) is 21.3. The van der Waals surface area contributed by atoms with Crippen LogP contribution in [0, 0.1) is 0 Å². The zero-order valence-electron chi connectivity index (χ0n) is 14.5. The molecule has 0 N–H and O–H groups in total. The van der Waals surface area contributed by atoms with Crippen molar-refractivity contribution in [3.8, 4) is 0 Å². The molecule has 0 unspecified atom stereocenters. The topological polar surface area (TPSA) is 0 Å². The van der Waals surface area contributed by atoms with Crippen LogP contribution < -0.4 is 0 Å². The number of allylic oxidation sites excluding steroid dienone is 2. The van der Waals surface area contributed by atoms with Crippen LogP contribution in [0.2, 0.25) is 0 Å². The van der Waals surface area contributed by atoms with E-state index in [-0.39, 0.29) is 0 Å². The second-order valence-corrected chi connectivity index (χ2v) is 9.93. The van der Waals surface area contributed by atoms with Gasteiger partial charge in [-0.15, -0.1) is 11.8 Å². The maximum absolute atomic E-state index is 2.29. The Bertz CT molecular complexity index is 817. The Morgan fingerprint density at radius 1 is 0.920 bits per heavy atom. The number of hydrogen-bond donors (Lipinski definition) is 0. The molecule has 0 amide bonds. The summed E-state index contributed by atoms with van der Waals surface area (Å²) < 4.78 is 1.36. The molecule has 3 rings (SSSR count). The van der Waals surface area contributed by atoms with Crippen molar-refractivity contribution in [3.05, 3.63) is 91.2 Å². The predicted molar refractivity (Wildman–Crippen MR) is 122 cm³/mol. The molecule has 0 atom stereocenters. The van der Waals surface area contributed by atoms with Crippen molar-refractivity contribution in [2.24, 2.45) is 0 Å². The molecule has 0 nitrogen and oxygen atoms in total. The minimum absolute atomic E-state index is 1.30. The van der Waals surface area contributed by atoms with Crippen LogP contribution in [0.5, 0.6) is 0 Å². The maximum Gasteiger partial charge on any atom is 0.0562 e. The van der Waals surface area contributed by atoms with E-state index >= 15 is 0 Å². The average Bonchev–Trinajstić information content (AvgIpc) is 3.03. The molecule has 0 aromatic heterocycles. The third-order valence-corrected chi connectivity index (χ3v) is 8.52. The standard InChI is InChI=1S/C21H20S4/c1-15(20(22-3)17-10-6-4-7-11-17)23-14-19-24-16(2)21(25-19)18-12-8-5-9-13-18/h4-14H,1-3H3/b19-14+,20-15-. The zero-order valence-corrected chi connectivity index (χ0v) is 17.7. The van der Waals surface area contributed by atoms with Crippen LogP contribution in [0.15, 0.2) is 80.1 Å². The molecule has 0 bridgehead atoms. The van der Waals surface area contributed by atoms with Gasteiger partial charge in [0.1, 0.15) is 0 Å². The lowest BCUT2D eigenvalue weighted by Gasteiger charge is -2.08. The number of benzene rings is 2. The van der Waals surface area contributed by atoms with Gasteiger partial charge in [-0.05, 0) is 36.6 Å². The van der Waals surface area contributed by atoms with E-state index in [0.29, 0.717) is 0 Å². The van der Waals surface area contributed by atoms with E-state index in [2.05, 4.69) is 86.2 Å². The summed E-state index contributed by atoms with van der Waals surface area (Å²) in [5.41, 5.74) is 2.61. The van der Waals surface area contributed by atoms with Gasteiger partial charge in [-0.1, -0.05) is 95.9 Å². The SMILES string of the molecule is CS/C(=C(/C)S/C=C1\SC(C)=C(c2ccccc2)S1)c1ccccc1. The van der Waals surface area contributed by atoms with E-state index in [1.54, 1.807) is 0 Å². The second kappa shape index (κ2) is 9.13. The molecule has 0 saturated heterocycles. The minimum atomic E-state index is 1.30. The lowest BCUT2D eigenvalue weighted by atomic mass is 10.2. The summed E-state index contributed by atoms with van der Waals surface area (Å²) in [6.07, 6.45) is 2.15. The minimum Gasteiger partial charge on any atom is -0.128 e. The van der Waals surface area contributed by atoms with Crippen molar-refractivity contribution in [3.63, 3.8) is 0 Å². The fraction of sp³-hybridized carbons (Fsp3) is 0.143. The highest BCUT2D eigenvalue weighted by atomic mass is 32.2. The van der Waals surface area contributed by atoms with E-state index in [4.69, 9.17) is 0 Å². The first kappa shape index (κ1) is 18.8. The Hall–Kier alpha value is -0.940. The molecule has 0 radical (unpaired) electrons. The van der Waals surface area contributed by atoms with Gasteiger partial charge >= 0.3 is 0 Å². The van der Waals surface area contributed by atoms with Crippen molar-refractivity contribution in [1.29, 1.82) is 0 Å². The van der Waals surface area contributed by atoms with Crippen LogP contribution in [0.3, 0.4) is 0 Å². The fourth-order valence-electron chi connectivity index (χ4n) is 2.53. The summed E-state index contributed by atoms with van der Waals surface area (Å²) in [6.45, 7) is 4.43. The van der Waals surface area contributed by atoms with Crippen molar-refractivity contribution < 1.29 is 0 Å². The van der Waals surface area contributed by atoms with Gasteiger partial charge in [0.25, 0.3) is 0 Å². The molecule has 128 valence electrons. The molecule has 1 heterocycles. The van der Waals surface area contributed by atoms with E-state index in [1.807, 2.05) is 47.0 Å². The van der Waals surface area contributed by atoms with Gasteiger partial charge in [0.2, 0.25) is 0 Å². The van der Waals surface area contributed by atoms with Crippen LogP contribution in [-0.2, 0) is 0 Å². The van der Waals surface area contributed by atoms with Crippen LogP contribution in [0.25, 0.3) is 9.81 Å². The largest absolute Gasteiger partial charge is 0.128 e. The van der Waals surface area contributed by atoms with Crippen LogP contribution in [0.4, 0.5) is 0 Å². The molecular formula is C21H20S4. The van der Waals surface area contributed by atoms with Crippen LogP contribution in [0.1, 0.15) is 25.0 Å². The number of thioether (sulfide) groups is 4. The van der Waals surface area contributed by atoms with Gasteiger partial charge in [-0.25, -0.2) is 0 Å². The predicted octanol–water partition coefficient (Wildman–Crippen LogP) is 8.14. The van der Waals surface area contributed by atoms with Crippen molar-refractivity contribution in [2.45, 2.75) is 13.8 Å². The highest BCUT2D eigenvalue weighted by molar-refractivity contribution is 8.32. The van der Waals surface area contributed by atoms with Crippen LogP contribution >= 0.6 is 47.0 Å². The summed E-state index contributed by atoms with van der Waals surface area (Å²) >= 11 is 7.41. The van der Waals surface area contributed by atoms with E-state index < -0.39 is 0 Å². The fourth-order valence-corrected chi connectivity index (χ4v) is 6.91. The maximum atomic E-state index is 2.29. The smallest absolute Gasteiger partial charge is 0.0562 e. The molecule has 2 aromatic carbocycles.